The molecule has 1 aliphatic rings. The smallest absolute Gasteiger partial charge is 0.319 e. The molecule has 0 saturated heterocycles. The molecule has 2 aromatic rings. The van der Waals surface area contributed by atoms with Gasteiger partial charge in [-0.15, -0.1) is 0 Å². The van der Waals surface area contributed by atoms with Crippen molar-refractivity contribution in [2.75, 3.05) is 11.6 Å². The van der Waals surface area contributed by atoms with Crippen LogP contribution in [0.4, 0.5) is 10.5 Å². The Bertz CT molecular complexity index is 873. The summed E-state index contributed by atoms with van der Waals surface area (Å²) in [6.07, 6.45) is 5.42. The van der Waals surface area contributed by atoms with Gasteiger partial charge in [0.1, 0.15) is 0 Å². The van der Waals surface area contributed by atoms with Crippen LogP contribution in [0.25, 0.3) is 0 Å². The summed E-state index contributed by atoms with van der Waals surface area (Å²) >= 11 is 0. The molecule has 128 valence electrons. The highest BCUT2D eigenvalue weighted by Crippen LogP contribution is 2.21. The van der Waals surface area contributed by atoms with Crippen LogP contribution in [-0.4, -0.2) is 36.9 Å². The van der Waals surface area contributed by atoms with Gasteiger partial charge in [0, 0.05) is 30.1 Å². The molecule has 1 aromatic carbocycles. The van der Waals surface area contributed by atoms with E-state index in [4.69, 9.17) is 0 Å². The molecule has 8 heteroatoms. The van der Waals surface area contributed by atoms with Gasteiger partial charge in [-0.05, 0) is 43.0 Å². The number of aryl methyl sites for hydroxylation is 2. The third kappa shape index (κ3) is 3.59. The van der Waals surface area contributed by atoms with E-state index >= 15 is 0 Å². The standard InChI is InChI=1S/C16H20N4O3S/c1-10-3-5-13(8-15(10)24(2,22)23)19-16(21)18-12-6-4-11-9-17-20-14(11)7-12/h3,5,8-9,12H,4,6-7H2,1-2H3,(H,17,20)(H2,18,19,21)/t12-/m0/s1. The van der Waals surface area contributed by atoms with Gasteiger partial charge in [-0.1, -0.05) is 6.07 Å². The van der Waals surface area contributed by atoms with Gasteiger partial charge in [-0.3, -0.25) is 5.10 Å². The minimum absolute atomic E-state index is 0.0257. The number of aromatic amines is 1. The van der Waals surface area contributed by atoms with Gasteiger partial charge in [0.2, 0.25) is 0 Å². The number of carbonyl (C=O) groups excluding carboxylic acids is 1. The Morgan fingerprint density at radius 3 is 2.92 bits per heavy atom. The van der Waals surface area contributed by atoms with Gasteiger partial charge >= 0.3 is 6.03 Å². The average molecular weight is 348 g/mol. The second-order valence-corrected chi connectivity index (χ2v) is 8.15. The van der Waals surface area contributed by atoms with Crippen LogP contribution in [0.5, 0.6) is 0 Å². The number of nitrogens with one attached hydrogen (secondary N) is 3. The predicted molar refractivity (Wildman–Crippen MR) is 90.8 cm³/mol. The number of amides is 2. The molecular weight excluding hydrogens is 328 g/mol. The molecule has 1 heterocycles. The van der Waals surface area contributed by atoms with E-state index in [-0.39, 0.29) is 17.0 Å². The predicted octanol–water partition coefficient (Wildman–Crippen LogP) is 1.80. The third-order valence-corrected chi connectivity index (χ3v) is 5.44. The molecule has 2 amide bonds. The molecule has 3 rings (SSSR count). The van der Waals surface area contributed by atoms with Crippen molar-refractivity contribution >= 4 is 21.6 Å². The molecule has 0 unspecified atom stereocenters. The largest absolute Gasteiger partial charge is 0.335 e. The molecule has 0 fully saturated rings. The number of hydrogen-bond acceptors (Lipinski definition) is 4. The van der Waals surface area contributed by atoms with Gasteiger partial charge in [-0.2, -0.15) is 5.10 Å². The molecule has 0 radical (unpaired) electrons. The first kappa shape index (κ1) is 16.5. The van der Waals surface area contributed by atoms with Crippen LogP contribution in [0.1, 0.15) is 23.2 Å². The Labute approximate surface area is 140 Å². The summed E-state index contributed by atoms with van der Waals surface area (Å²) in [6, 6.07) is 4.54. The van der Waals surface area contributed by atoms with Gasteiger partial charge < -0.3 is 10.6 Å². The highest BCUT2D eigenvalue weighted by molar-refractivity contribution is 7.90. The Hall–Kier alpha value is -2.35. The lowest BCUT2D eigenvalue weighted by Crippen LogP contribution is -2.41. The zero-order valence-electron chi connectivity index (χ0n) is 13.6. The van der Waals surface area contributed by atoms with E-state index in [2.05, 4.69) is 20.8 Å². The van der Waals surface area contributed by atoms with E-state index in [1.807, 2.05) is 6.20 Å². The zero-order valence-corrected chi connectivity index (χ0v) is 14.4. The summed E-state index contributed by atoms with van der Waals surface area (Å²) in [4.78, 5) is 12.4. The number of hydrogen-bond donors (Lipinski definition) is 3. The number of aromatic nitrogens is 2. The maximum Gasteiger partial charge on any atom is 0.319 e. The molecule has 1 atom stereocenters. The fourth-order valence-corrected chi connectivity index (χ4v) is 3.96. The van der Waals surface area contributed by atoms with Gasteiger partial charge in [-0.25, -0.2) is 13.2 Å². The molecule has 7 nitrogen and oxygen atoms in total. The molecule has 1 aromatic heterocycles. The SMILES string of the molecule is Cc1ccc(NC(=O)N[C@H]2CCc3cn[nH]c3C2)cc1S(C)(=O)=O. The highest BCUT2D eigenvalue weighted by Gasteiger charge is 2.21. The number of sulfone groups is 1. The van der Waals surface area contributed by atoms with Crippen LogP contribution in [0, 0.1) is 6.92 Å². The van der Waals surface area contributed by atoms with Crippen molar-refractivity contribution in [2.45, 2.75) is 37.1 Å². The zero-order chi connectivity index (χ0) is 17.3. The molecule has 0 saturated carbocycles. The van der Waals surface area contributed by atoms with Crippen molar-refractivity contribution in [3.63, 3.8) is 0 Å². The number of carbonyl (C=O) groups is 1. The molecule has 3 N–H and O–H groups in total. The van der Waals surface area contributed by atoms with E-state index in [1.165, 1.54) is 11.6 Å². The van der Waals surface area contributed by atoms with E-state index < -0.39 is 9.84 Å². The van der Waals surface area contributed by atoms with Crippen LogP contribution >= 0.6 is 0 Å². The second kappa shape index (κ2) is 6.27. The summed E-state index contributed by atoms with van der Waals surface area (Å²) in [5.41, 5.74) is 3.37. The Morgan fingerprint density at radius 1 is 1.38 bits per heavy atom. The maximum atomic E-state index is 12.2. The monoisotopic (exact) mass is 348 g/mol. The number of fused-ring (bicyclic) bond motifs is 1. The first-order chi connectivity index (χ1) is 11.3. The number of H-pyrrole nitrogens is 1. The summed E-state index contributed by atoms with van der Waals surface area (Å²) in [5.74, 6) is 0. The average Bonchev–Trinajstić information content (AvgIpc) is 2.95. The first-order valence-corrected chi connectivity index (χ1v) is 9.61. The van der Waals surface area contributed by atoms with Crippen molar-refractivity contribution in [1.29, 1.82) is 0 Å². The van der Waals surface area contributed by atoms with Gasteiger partial charge in [0.25, 0.3) is 0 Å². The Morgan fingerprint density at radius 2 is 2.17 bits per heavy atom. The van der Waals surface area contributed by atoms with Crippen LogP contribution in [0.3, 0.4) is 0 Å². The van der Waals surface area contributed by atoms with Gasteiger partial charge in [0.05, 0.1) is 11.1 Å². The van der Waals surface area contributed by atoms with Crippen molar-refractivity contribution in [1.82, 2.24) is 15.5 Å². The molecule has 0 spiro atoms. The topological polar surface area (TPSA) is 104 Å². The molecule has 24 heavy (non-hydrogen) atoms. The van der Waals surface area contributed by atoms with Crippen LogP contribution in [0.2, 0.25) is 0 Å². The minimum Gasteiger partial charge on any atom is -0.335 e. The second-order valence-electron chi connectivity index (χ2n) is 6.16. The lowest BCUT2D eigenvalue weighted by molar-refractivity contribution is 0.247. The number of nitrogens with zero attached hydrogens (tertiary/aromatic N) is 1. The molecule has 0 aliphatic heterocycles. The van der Waals surface area contributed by atoms with E-state index in [0.29, 0.717) is 17.7 Å². The van der Waals surface area contributed by atoms with E-state index in [1.54, 1.807) is 19.1 Å². The number of rotatable bonds is 3. The fraction of sp³-hybridized carbons (Fsp3) is 0.375. The van der Waals surface area contributed by atoms with Crippen molar-refractivity contribution in [3.05, 3.63) is 41.2 Å². The van der Waals surface area contributed by atoms with Gasteiger partial charge in [0.15, 0.2) is 9.84 Å². The normalized spacial score (nSPS) is 17.2. The molecule has 1 aliphatic carbocycles. The van der Waals surface area contributed by atoms with Crippen molar-refractivity contribution in [3.8, 4) is 0 Å². The first-order valence-electron chi connectivity index (χ1n) is 7.72. The van der Waals surface area contributed by atoms with Crippen LogP contribution in [0.15, 0.2) is 29.3 Å². The fourth-order valence-electron chi connectivity index (χ4n) is 2.96. The Balaban J connectivity index is 1.66. The third-order valence-electron chi connectivity index (χ3n) is 4.20. The van der Waals surface area contributed by atoms with Crippen LogP contribution < -0.4 is 10.6 Å². The molecular formula is C16H20N4O3S. The highest BCUT2D eigenvalue weighted by atomic mass is 32.2. The Kier molecular flexibility index (Phi) is 4.31. The van der Waals surface area contributed by atoms with Crippen molar-refractivity contribution < 1.29 is 13.2 Å². The summed E-state index contributed by atoms with van der Waals surface area (Å²) < 4.78 is 23.5. The van der Waals surface area contributed by atoms with E-state index in [9.17, 15) is 13.2 Å². The summed E-state index contributed by atoms with van der Waals surface area (Å²) in [6.45, 7) is 1.73. The van der Waals surface area contributed by atoms with Crippen molar-refractivity contribution in [2.24, 2.45) is 0 Å². The lowest BCUT2D eigenvalue weighted by atomic mass is 9.94. The lowest BCUT2D eigenvalue weighted by Gasteiger charge is -2.23. The maximum absolute atomic E-state index is 12.2. The number of urea groups is 1. The van der Waals surface area contributed by atoms with E-state index in [0.717, 1.165) is 24.8 Å². The quantitative estimate of drug-likeness (QED) is 0.787. The minimum atomic E-state index is -3.33. The summed E-state index contributed by atoms with van der Waals surface area (Å²) in [7, 11) is -3.33. The molecule has 0 bridgehead atoms. The number of benzene rings is 1. The van der Waals surface area contributed by atoms with Crippen LogP contribution in [-0.2, 0) is 22.7 Å². The number of anilines is 1. The summed E-state index contributed by atoms with van der Waals surface area (Å²) in [5, 5.41) is 12.6.